The van der Waals surface area contributed by atoms with E-state index in [1.54, 1.807) is 0 Å². The van der Waals surface area contributed by atoms with E-state index in [9.17, 15) is 0 Å². The van der Waals surface area contributed by atoms with Crippen LogP contribution in [0.5, 0.6) is 0 Å². The highest BCUT2D eigenvalue weighted by molar-refractivity contribution is 8.00. The predicted molar refractivity (Wildman–Crippen MR) is 78.5 cm³/mol. The lowest BCUT2D eigenvalue weighted by atomic mass is 10.1. The van der Waals surface area contributed by atoms with Crippen LogP contribution in [0.15, 0.2) is 24.3 Å². The molecule has 1 atom stereocenters. The third kappa shape index (κ3) is 3.01. The average Bonchev–Trinajstić information content (AvgIpc) is 2.63. The Bertz CT molecular complexity index is 363. The van der Waals surface area contributed by atoms with E-state index in [0.29, 0.717) is 0 Å². The molecule has 1 unspecified atom stereocenters. The first kappa shape index (κ1) is 12.4. The standard InChI is InChI=1S/C15H21NOS/c1-2-4-15-12(3-1)5-6-14(11-16-15)18-13-7-9-17-10-8-13/h1-4,13-14,16H,5-11H2. The number of anilines is 1. The van der Waals surface area contributed by atoms with Crippen LogP contribution in [0.1, 0.15) is 24.8 Å². The van der Waals surface area contributed by atoms with Crippen molar-refractivity contribution in [1.29, 1.82) is 0 Å². The topological polar surface area (TPSA) is 21.3 Å². The van der Waals surface area contributed by atoms with Gasteiger partial charge in [0.15, 0.2) is 0 Å². The molecule has 1 aromatic carbocycles. The SMILES string of the molecule is c1ccc2c(c1)CCC(SC1CCOCC1)CN2. The fourth-order valence-electron chi connectivity index (χ4n) is 2.75. The molecule has 0 aromatic heterocycles. The van der Waals surface area contributed by atoms with Crippen LogP contribution < -0.4 is 5.32 Å². The normalized spacial score (nSPS) is 25.0. The predicted octanol–water partition coefficient (Wildman–Crippen LogP) is 3.33. The molecule has 2 heterocycles. The summed E-state index contributed by atoms with van der Waals surface area (Å²) in [6.07, 6.45) is 4.97. The van der Waals surface area contributed by atoms with E-state index in [1.807, 2.05) is 0 Å². The largest absolute Gasteiger partial charge is 0.384 e. The van der Waals surface area contributed by atoms with E-state index in [4.69, 9.17) is 4.74 Å². The molecule has 3 rings (SSSR count). The third-order valence-electron chi connectivity index (χ3n) is 3.83. The van der Waals surface area contributed by atoms with E-state index >= 15 is 0 Å². The third-order valence-corrected chi connectivity index (χ3v) is 5.47. The minimum Gasteiger partial charge on any atom is -0.384 e. The lowest BCUT2D eigenvalue weighted by Crippen LogP contribution is -2.23. The number of fused-ring (bicyclic) bond motifs is 1. The molecule has 3 heteroatoms. The number of thioether (sulfide) groups is 1. The maximum Gasteiger partial charge on any atom is 0.0476 e. The van der Waals surface area contributed by atoms with Crippen molar-refractivity contribution in [3.63, 3.8) is 0 Å². The number of nitrogens with one attached hydrogen (secondary N) is 1. The second-order valence-corrected chi connectivity index (χ2v) is 6.75. The summed E-state index contributed by atoms with van der Waals surface area (Å²) in [5, 5.41) is 5.17. The molecule has 1 saturated heterocycles. The van der Waals surface area contributed by atoms with Gasteiger partial charge in [0.2, 0.25) is 0 Å². The van der Waals surface area contributed by atoms with Crippen molar-refractivity contribution in [3.05, 3.63) is 29.8 Å². The first-order valence-electron chi connectivity index (χ1n) is 6.97. The molecule has 1 N–H and O–H groups in total. The number of hydrogen-bond donors (Lipinski definition) is 1. The smallest absolute Gasteiger partial charge is 0.0476 e. The van der Waals surface area contributed by atoms with Gasteiger partial charge >= 0.3 is 0 Å². The van der Waals surface area contributed by atoms with Crippen LogP contribution in [-0.2, 0) is 11.2 Å². The van der Waals surface area contributed by atoms with Crippen molar-refractivity contribution in [2.75, 3.05) is 25.1 Å². The van der Waals surface area contributed by atoms with Crippen LogP contribution in [0.3, 0.4) is 0 Å². The number of aryl methyl sites for hydroxylation is 1. The molecule has 0 radical (unpaired) electrons. The molecule has 0 spiro atoms. The summed E-state index contributed by atoms with van der Waals surface area (Å²) in [4.78, 5) is 0. The molecule has 2 nitrogen and oxygen atoms in total. The van der Waals surface area contributed by atoms with Crippen LogP contribution in [0.2, 0.25) is 0 Å². The number of para-hydroxylation sites is 1. The minimum atomic E-state index is 0.750. The molecule has 1 aromatic rings. The van der Waals surface area contributed by atoms with Gasteiger partial charge in [-0.05, 0) is 37.3 Å². The zero-order valence-corrected chi connectivity index (χ0v) is 11.5. The summed E-state index contributed by atoms with van der Waals surface area (Å²) in [6.45, 7) is 3.02. The molecule has 0 aliphatic carbocycles. The molecule has 2 aliphatic rings. The van der Waals surface area contributed by atoms with Gasteiger partial charge in [-0.2, -0.15) is 11.8 Å². The van der Waals surface area contributed by atoms with Gasteiger partial charge in [0.1, 0.15) is 0 Å². The fraction of sp³-hybridized carbons (Fsp3) is 0.600. The molecule has 2 aliphatic heterocycles. The van der Waals surface area contributed by atoms with Gasteiger partial charge in [-0.3, -0.25) is 0 Å². The first-order valence-corrected chi connectivity index (χ1v) is 7.91. The van der Waals surface area contributed by atoms with Crippen molar-refractivity contribution >= 4 is 17.4 Å². The van der Waals surface area contributed by atoms with Gasteiger partial charge in [0.25, 0.3) is 0 Å². The molecule has 18 heavy (non-hydrogen) atoms. The number of ether oxygens (including phenoxy) is 1. The zero-order chi connectivity index (χ0) is 12.2. The Balaban J connectivity index is 1.57. The van der Waals surface area contributed by atoms with Crippen molar-refractivity contribution in [2.45, 2.75) is 36.2 Å². The quantitative estimate of drug-likeness (QED) is 0.884. The maximum atomic E-state index is 5.44. The molecule has 98 valence electrons. The van der Waals surface area contributed by atoms with E-state index < -0.39 is 0 Å². The van der Waals surface area contributed by atoms with Crippen molar-refractivity contribution in [2.24, 2.45) is 0 Å². The van der Waals surface area contributed by atoms with Crippen molar-refractivity contribution in [3.8, 4) is 0 Å². The van der Waals surface area contributed by atoms with E-state index in [-0.39, 0.29) is 0 Å². The summed E-state index contributed by atoms with van der Waals surface area (Å²) >= 11 is 2.18. The summed E-state index contributed by atoms with van der Waals surface area (Å²) in [5.41, 5.74) is 2.82. The Morgan fingerprint density at radius 2 is 1.89 bits per heavy atom. The second-order valence-electron chi connectivity index (χ2n) is 5.15. The summed E-state index contributed by atoms with van der Waals surface area (Å²) in [5.74, 6) is 0. The van der Waals surface area contributed by atoms with Gasteiger partial charge < -0.3 is 10.1 Å². The highest BCUT2D eigenvalue weighted by Crippen LogP contribution is 2.31. The van der Waals surface area contributed by atoms with Gasteiger partial charge in [-0.15, -0.1) is 0 Å². The van der Waals surface area contributed by atoms with Gasteiger partial charge in [0.05, 0.1) is 0 Å². The number of benzene rings is 1. The Morgan fingerprint density at radius 1 is 1.06 bits per heavy atom. The van der Waals surface area contributed by atoms with Crippen molar-refractivity contribution in [1.82, 2.24) is 0 Å². The molecule has 0 saturated carbocycles. The number of hydrogen-bond acceptors (Lipinski definition) is 3. The molecular weight excluding hydrogens is 242 g/mol. The number of rotatable bonds is 2. The average molecular weight is 263 g/mol. The fourth-order valence-corrected chi connectivity index (χ4v) is 4.20. The van der Waals surface area contributed by atoms with Gasteiger partial charge in [-0.25, -0.2) is 0 Å². The molecule has 0 amide bonds. The van der Waals surface area contributed by atoms with Crippen molar-refractivity contribution < 1.29 is 4.74 Å². The lowest BCUT2D eigenvalue weighted by Gasteiger charge is -2.25. The van der Waals surface area contributed by atoms with E-state index in [1.165, 1.54) is 36.9 Å². The van der Waals surface area contributed by atoms with E-state index in [2.05, 4.69) is 41.3 Å². The first-order chi connectivity index (χ1) is 8.92. The zero-order valence-electron chi connectivity index (χ0n) is 10.7. The Labute approximate surface area is 113 Å². The monoisotopic (exact) mass is 263 g/mol. The molecule has 1 fully saturated rings. The molecular formula is C15H21NOS. The summed E-state index contributed by atoms with van der Waals surface area (Å²) in [7, 11) is 0. The van der Waals surface area contributed by atoms with E-state index in [0.717, 1.165) is 30.3 Å². The van der Waals surface area contributed by atoms with Gasteiger partial charge in [0, 0.05) is 35.9 Å². The van der Waals surface area contributed by atoms with Crippen LogP contribution in [0.25, 0.3) is 0 Å². The Kier molecular flexibility index (Phi) is 4.11. The Morgan fingerprint density at radius 3 is 2.78 bits per heavy atom. The second kappa shape index (κ2) is 5.98. The highest BCUT2D eigenvalue weighted by atomic mass is 32.2. The van der Waals surface area contributed by atoms with Crippen LogP contribution >= 0.6 is 11.8 Å². The van der Waals surface area contributed by atoms with Crippen LogP contribution in [-0.4, -0.2) is 30.3 Å². The van der Waals surface area contributed by atoms with Crippen LogP contribution in [0.4, 0.5) is 5.69 Å². The lowest BCUT2D eigenvalue weighted by molar-refractivity contribution is 0.0999. The Hall–Kier alpha value is -0.670. The van der Waals surface area contributed by atoms with Gasteiger partial charge in [-0.1, -0.05) is 18.2 Å². The molecule has 0 bridgehead atoms. The summed E-state index contributed by atoms with van der Waals surface area (Å²) in [6, 6.07) is 8.73. The highest BCUT2D eigenvalue weighted by Gasteiger charge is 2.21. The summed E-state index contributed by atoms with van der Waals surface area (Å²) < 4.78 is 5.44. The maximum absolute atomic E-state index is 5.44. The minimum absolute atomic E-state index is 0.750. The van der Waals surface area contributed by atoms with Crippen LogP contribution in [0, 0.1) is 0 Å².